The van der Waals surface area contributed by atoms with Gasteiger partial charge < -0.3 is 24.7 Å². The molecule has 0 saturated heterocycles. The molecule has 30 heavy (non-hydrogen) atoms. The Morgan fingerprint density at radius 2 is 1.87 bits per heavy atom. The molecule has 1 aromatic heterocycles. The summed E-state index contributed by atoms with van der Waals surface area (Å²) in [6, 6.07) is 11.9. The van der Waals surface area contributed by atoms with E-state index in [1.54, 1.807) is 0 Å². The van der Waals surface area contributed by atoms with Crippen molar-refractivity contribution in [2.45, 2.75) is 33.9 Å². The van der Waals surface area contributed by atoms with Crippen LogP contribution in [-0.2, 0) is 13.1 Å². The van der Waals surface area contributed by atoms with Gasteiger partial charge >= 0.3 is 0 Å². The summed E-state index contributed by atoms with van der Waals surface area (Å²) in [6.07, 6.45) is 0. The van der Waals surface area contributed by atoms with E-state index < -0.39 is 0 Å². The Bertz CT molecular complexity index is 1170. The lowest BCUT2D eigenvalue weighted by Crippen LogP contribution is -2.39. The number of ether oxygens (including phenoxy) is 2. The second-order valence-corrected chi connectivity index (χ2v) is 7.91. The zero-order valence-corrected chi connectivity index (χ0v) is 18.2. The number of aromatic amines is 1. The predicted molar refractivity (Wildman–Crippen MR) is 122 cm³/mol. The molecule has 3 aromatic rings. The highest BCUT2D eigenvalue weighted by Gasteiger charge is 2.17. The SMILES string of the molecule is CCNC(=S)N(Cc1ccc2c(c1)OCO2)Cc1cc2cc(C)c(C)cc2[nH]c1=O. The summed E-state index contributed by atoms with van der Waals surface area (Å²) in [6.45, 7) is 8.02. The number of rotatable bonds is 5. The second kappa shape index (κ2) is 8.36. The largest absolute Gasteiger partial charge is 0.454 e. The average molecular weight is 424 g/mol. The quantitative estimate of drug-likeness (QED) is 0.609. The monoisotopic (exact) mass is 423 g/mol. The van der Waals surface area contributed by atoms with Crippen LogP contribution < -0.4 is 20.3 Å². The van der Waals surface area contributed by atoms with Crippen LogP contribution in [0, 0.1) is 13.8 Å². The second-order valence-electron chi connectivity index (χ2n) is 7.53. The maximum absolute atomic E-state index is 12.8. The Hall–Kier alpha value is -3.06. The first-order chi connectivity index (χ1) is 14.4. The third-order valence-corrected chi connectivity index (χ3v) is 5.72. The maximum atomic E-state index is 12.8. The summed E-state index contributed by atoms with van der Waals surface area (Å²) in [4.78, 5) is 17.8. The van der Waals surface area contributed by atoms with Crippen LogP contribution >= 0.6 is 12.2 Å². The minimum Gasteiger partial charge on any atom is -0.454 e. The molecule has 156 valence electrons. The minimum atomic E-state index is -0.0965. The Morgan fingerprint density at radius 3 is 2.67 bits per heavy atom. The van der Waals surface area contributed by atoms with Crippen molar-refractivity contribution >= 4 is 28.2 Å². The highest BCUT2D eigenvalue weighted by Crippen LogP contribution is 2.33. The normalized spacial score (nSPS) is 12.2. The molecule has 4 rings (SSSR count). The molecule has 1 aliphatic heterocycles. The molecule has 0 saturated carbocycles. The number of nitrogens with zero attached hydrogens (tertiary/aromatic N) is 1. The molecular weight excluding hydrogens is 398 g/mol. The van der Waals surface area contributed by atoms with E-state index in [9.17, 15) is 4.79 Å². The van der Waals surface area contributed by atoms with Gasteiger partial charge in [0.1, 0.15) is 0 Å². The van der Waals surface area contributed by atoms with Crippen LogP contribution in [0.25, 0.3) is 10.9 Å². The summed E-state index contributed by atoms with van der Waals surface area (Å²) >= 11 is 5.60. The van der Waals surface area contributed by atoms with E-state index >= 15 is 0 Å². The predicted octanol–water partition coefficient (Wildman–Crippen LogP) is 3.77. The van der Waals surface area contributed by atoms with Crippen molar-refractivity contribution in [3.63, 3.8) is 0 Å². The average Bonchev–Trinajstić information content (AvgIpc) is 3.17. The number of hydrogen-bond donors (Lipinski definition) is 2. The van der Waals surface area contributed by atoms with Gasteiger partial charge in [-0.25, -0.2) is 0 Å². The molecule has 0 bridgehead atoms. The first kappa shape index (κ1) is 20.2. The molecule has 0 fully saturated rings. The smallest absolute Gasteiger partial charge is 0.253 e. The summed E-state index contributed by atoms with van der Waals surface area (Å²) in [7, 11) is 0. The van der Waals surface area contributed by atoms with Crippen molar-refractivity contribution in [1.82, 2.24) is 15.2 Å². The highest BCUT2D eigenvalue weighted by molar-refractivity contribution is 7.80. The number of H-pyrrole nitrogens is 1. The fraction of sp³-hybridized carbons (Fsp3) is 0.304. The molecule has 2 N–H and O–H groups in total. The number of pyridine rings is 1. The molecular formula is C23H25N3O3S. The highest BCUT2D eigenvalue weighted by atomic mass is 32.1. The van der Waals surface area contributed by atoms with Gasteiger partial charge in [-0.2, -0.15) is 0 Å². The van der Waals surface area contributed by atoms with Crippen LogP contribution in [0.15, 0.2) is 41.2 Å². The summed E-state index contributed by atoms with van der Waals surface area (Å²) in [5.41, 5.74) is 4.81. The molecule has 2 aromatic carbocycles. The van der Waals surface area contributed by atoms with Crippen LogP contribution in [0.5, 0.6) is 11.5 Å². The van der Waals surface area contributed by atoms with Gasteiger partial charge in [0.05, 0.1) is 6.54 Å². The lowest BCUT2D eigenvalue weighted by molar-refractivity contribution is 0.174. The Morgan fingerprint density at radius 1 is 1.10 bits per heavy atom. The molecule has 0 aliphatic carbocycles. The van der Waals surface area contributed by atoms with Crippen LogP contribution in [0.4, 0.5) is 0 Å². The van der Waals surface area contributed by atoms with Crippen LogP contribution in [0.2, 0.25) is 0 Å². The molecule has 7 heteroatoms. The van der Waals surface area contributed by atoms with Crippen LogP contribution in [-0.4, -0.2) is 28.3 Å². The van der Waals surface area contributed by atoms with Gasteiger partial charge in [-0.05, 0) is 85.4 Å². The molecule has 6 nitrogen and oxygen atoms in total. The van der Waals surface area contributed by atoms with Crippen molar-refractivity contribution in [2.24, 2.45) is 0 Å². The fourth-order valence-electron chi connectivity index (χ4n) is 3.57. The lowest BCUT2D eigenvalue weighted by atomic mass is 10.0. The summed E-state index contributed by atoms with van der Waals surface area (Å²) in [5, 5.41) is 4.83. The number of aryl methyl sites for hydroxylation is 2. The molecule has 0 spiro atoms. The first-order valence-electron chi connectivity index (χ1n) is 9.99. The van der Waals surface area contributed by atoms with E-state index in [0.29, 0.717) is 30.3 Å². The maximum Gasteiger partial charge on any atom is 0.253 e. The third kappa shape index (κ3) is 4.11. The van der Waals surface area contributed by atoms with E-state index in [1.807, 2.05) is 49.1 Å². The van der Waals surface area contributed by atoms with Gasteiger partial charge in [0, 0.05) is 24.2 Å². The van der Waals surface area contributed by atoms with E-state index in [4.69, 9.17) is 21.7 Å². The number of thiocarbonyl (C=S) groups is 1. The Kier molecular flexibility index (Phi) is 5.63. The zero-order valence-electron chi connectivity index (χ0n) is 17.4. The van der Waals surface area contributed by atoms with Crippen molar-refractivity contribution in [3.8, 4) is 11.5 Å². The summed E-state index contributed by atoms with van der Waals surface area (Å²) < 4.78 is 10.9. The van der Waals surface area contributed by atoms with Crippen LogP contribution in [0.1, 0.15) is 29.2 Å². The zero-order chi connectivity index (χ0) is 21.3. The minimum absolute atomic E-state index is 0.0965. The van der Waals surface area contributed by atoms with Crippen molar-refractivity contribution in [3.05, 3.63) is 69.0 Å². The van der Waals surface area contributed by atoms with Crippen LogP contribution in [0.3, 0.4) is 0 Å². The van der Waals surface area contributed by atoms with Gasteiger partial charge in [-0.3, -0.25) is 4.79 Å². The number of hydrogen-bond acceptors (Lipinski definition) is 4. The van der Waals surface area contributed by atoms with Gasteiger partial charge in [0.2, 0.25) is 6.79 Å². The number of benzene rings is 2. The Labute approximate surface area is 180 Å². The van der Waals surface area contributed by atoms with Gasteiger partial charge in [0.25, 0.3) is 5.56 Å². The first-order valence-corrected chi connectivity index (χ1v) is 10.4. The molecule has 2 heterocycles. The summed E-state index contributed by atoms with van der Waals surface area (Å²) in [5.74, 6) is 1.48. The van der Waals surface area contributed by atoms with E-state index in [1.165, 1.54) is 5.56 Å². The van der Waals surface area contributed by atoms with E-state index in [2.05, 4.69) is 23.3 Å². The van der Waals surface area contributed by atoms with E-state index in [0.717, 1.165) is 33.5 Å². The standard InChI is InChI=1S/C23H25N3O3S/c1-4-24-23(30)26(11-16-5-6-20-21(9-16)29-13-28-20)12-18-10-17-7-14(2)15(3)8-19(17)25-22(18)27/h5-10H,4,11-13H2,1-3H3,(H,24,30)(H,25,27). The van der Waals surface area contributed by atoms with Crippen molar-refractivity contribution in [2.75, 3.05) is 13.3 Å². The van der Waals surface area contributed by atoms with E-state index in [-0.39, 0.29) is 12.4 Å². The van der Waals surface area contributed by atoms with Crippen molar-refractivity contribution in [1.29, 1.82) is 0 Å². The molecule has 1 aliphatic rings. The molecule has 0 amide bonds. The Balaban J connectivity index is 1.65. The molecule has 0 atom stereocenters. The third-order valence-electron chi connectivity index (χ3n) is 5.32. The van der Waals surface area contributed by atoms with Gasteiger partial charge in [0.15, 0.2) is 16.6 Å². The molecule has 0 radical (unpaired) electrons. The van der Waals surface area contributed by atoms with Crippen molar-refractivity contribution < 1.29 is 9.47 Å². The lowest BCUT2D eigenvalue weighted by Gasteiger charge is -2.26. The van der Waals surface area contributed by atoms with Gasteiger partial charge in [-0.15, -0.1) is 0 Å². The molecule has 0 unspecified atom stereocenters. The fourth-order valence-corrected chi connectivity index (χ4v) is 3.84. The number of aromatic nitrogens is 1. The number of nitrogens with one attached hydrogen (secondary N) is 2. The van der Waals surface area contributed by atoms with Gasteiger partial charge in [-0.1, -0.05) is 6.07 Å². The number of fused-ring (bicyclic) bond motifs is 2. The topological polar surface area (TPSA) is 66.6 Å².